The first-order valence-electron chi connectivity index (χ1n) is 7.61. The first kappa shape index (κ1) is 12.6. The van der Waals surface area contributed by atoms with Crippen LogP contribution in [-0.4, -0.2) is 10.8 Å². The first-order chi connectivity index (χ1) is 10.3. The van der Waals surface area contributed by atoms with Gasteiger partial charge < -0.3 is 5.32 Å². The van der Waals surface area contributed by atoms with Crippen LogP contribution in [0.1, 0.15) is 30.9 Å². The number of carbonyl (C=O) groups excluding carboxylic acids is 1. The van der Waals surface area contributed by atoms with E-state index in [1.54, 1.807) is 6.08 Å². The van der Waals surface area contributed by atoms with Gasteiger partial charge in [-0.3, -0.25) is 9.78 Å². The summed E-state index contributed by atoms with van der Waals surface area (Å²) in [6.07, 6.45) is 14.8. The third-order valence-electron chi connectivity index (χ3n) is 4.81. The van der Waals surface area contributed by atoms with Crippen molar-refractivity contribution >= 4 is 5.78 Å². The second-order valence-electron chi connectivity index (χ2n) is 6.07. The van der Waals surface area contributed by atoms with Crippen LogP contribution in [0.15, 0.2) is 60.1 Å². The van der Waals surface area contributed by atoms with Gasteiger partial charge in [0.15, 0.2) is 5.78 Å². The minimum absolute atomic E-state index is 0.0838. The Kier molecular flexibility index (Phi) is 2.99. The molecule has 0 spiro atoms. The second kappa shape index (κ2) is 4.99. The quantitative estimate of drug-likeness (QED) is 0.858. The van der Waals surface area contributed by atoms with Gasteiger partial charge in [0.2, 0.25) is 0 Å². The molecule has 3 aliphatic rings. The number of allylic oxidation sites excluding steroid dienone is 6. The molecule has 3 atom stereocenters. The number of aromatic nitrogens is 1. The highest BCUT2D eigenvalue weighted by molar-refractivity contribution is 5.96. The molecular weight excluding hydrogens is 260 g/mol. The van der Waals surface area contributed by atoms with E-state index in [-0.39, 0.29) is 11.7 Å². The molecule has 0 aromatic carbocycles. The molecule has 1 aromatic rings. The molecule has 1 aliphatic heterocycles. The van der Waals surface area contributed by atoms with Crippen LogP contribution in [0.5, 0.6) is 0 Å². The lowest BCUT2D eigenvalue weighted by atomic mass is 9.73. The van der Waals surface area contributed by atoms with E-state index in [0.29, 0.717) is 12.0 Å². The van der Waals surface area contributed by atoms with E-state index in [1.165, 1.54) is 11.3 Å². The molecule has 1 N–H and O–H groups in total. The third-order valence-corrected chi connectivity index (χ3v) is 4.81. The van der Waals surface area contributed by atoms with Crippen LogP contribution >= 0.6 is 0 Å². The maximum Gasteiger partial charge on any atom is 0.163 e. The third kappa shape index (κ3) is 2.23. The predicted molar refractivity (Wildman–Crippen MR) is 81.3 cm³/mol. The van der Waals surface area contributed by atoms with Gasteiger partial charge in [-0.15, -0.1) is 0 Å². The minimum Gasteiger partial charge on any atom is -0.381 e. The lowest BCUT2D eigenvalue weighted by molar-refractivity contribution is -0.117. The molecule has 3 unspecified atom stereocenters. The van der Waals surface area contributed by atoms with Gasteiger partial charge in [0.25, 0.3) is 0 Å². The molecule has 3 nitrogen and oxygen atoms in total. The minimum atomic E-state index is 0.0838. The highest BCUT2D eigenvalue weighted by Gasteiger charge is 2.35. The van der Waals surface area contributed by atoms with Crippen molar-refractivity contribution in [3.05, 3.63) is 65.7 Å². The van der Waals surface area contributed by atoms with Crippen molar-refractivity contribution in [2.45, 2.75) is 25.3 Å². The van der Waals surface area contributed by atoms with Gasteiger partial charge >= 0.3 is 0 Å². The predicted octanol–water partition coefficient (Wildman–Crippen LogP) is 3.09. The zero-order valence-corrected chi connectivity index (χ0v) is 11.8. The summed E-state index contributed by atoms with van der Waals surface area (Å²) in [5.41, 5.74) is 3.70. The van der Waals surface area contributed by atoms with Gasteiger partial charge in [-0.1, -0.05) is 18.2 Å². The number of ketones is 1. The van der Waals surface area contributed by atoms with Gasteiger partial charge in [-0.2, -0.15) is 0 Å². The summed E-state index contributed by atoms with van der Waals surface area (Å²) < 4.78 is 0. The Morgan fingerprint density at radius 2 is 2.24 bits per heavy atom. The average molecular weight is 278 g/mol. The summed E-state index contributed by atoms with van der Waals surface area (Å²) in [6, 6.07) is 4.46. The summed E-state index contributed by atoms with van der Waals surface area (Å²) in [7, 11) is 0. The van der Waals surface area contributed by atoms with Crippen molar-refractivity contribution in [1.82, 2.24) is 10.3 Å². The summed E-state index contributed by atoms with van der Waals surface area (Å²) in [4.78, 5) is 16.2. The normalized spacial score (nSPS) is 30.7. The van der Waals surface area contributed by atoms with Crippen LogP contribution in [0.4, 0.5) is 0 Å². The second-order valence-corrected chi connectivity index (χ2v) is 6.07. The SMILES string of the molecule is O=C1C=CC=C2C=C3NC(c4cccnc4)CCC3CC12. The standard InChI is InChI=1S/C18H18N2O/c21-18-5-1-3-12-10-17-13(9-15(12)18)6-7-16(20-17)14-4-2-8-19-11-14/h1-5,8,10-11,13,15-16,20H,6-7,9H2. The highest BCUT2D eigenvalue weighted by Crippen LogP contribution is 2.41. The molecule has 1 saturated heterocycles. The fourth-order valence-corrected chi connectivity index (χ4v) is 3.67. The number of carbonyl (C=O) groups is 1. The Morgan fingerprint density at radius 3 is 3.10 bits per heavy atom. The Hall–Kier alpha value is -2.16. The van der Waals surface area contributed by atoms with Crippen LogP contribution in [0.2, 0.25) is 0 Å². The summed E-state index contributed by atoms with van der Waals surface area (Å²) >= 11 is 0. The summed E-state index contributed by atoms with van der Waals surface area (Å²) in [6.45, 7) is 0. The molecule has 0 amide bonds. The molecule has 106 valence electrons. The van der Waals surface area contributed by atoms with Crippen molar-refractivity contribution < 1.29 is 4.79 Å². The van der Waals surface area contributed by atoms with E-state index < -0.39 is 0 Å². The number of nitrogens with zero attached hydrogens (tertiary/aromatic N) is 1. The van der Waals surface area contributed by atoms with E-state index in [0.717, 1.165) is 24.8 Å². The monoisotopic (exact) mass is 278 g/mol. The van der Waals surface area contributed by atoms with E-state index in [4.69, 9.17) is 0 Å². The Balaban J connectivity index is 1.61. The molecule has 0 saturated carbocycles. The topological polar surface area (TPSA) is 42.0 Å². The molecule has 0 radical (unpaired) electrons. The maximum atomic E-state index is 12.0. The molecule has 2 aliphatic carbocycles. The number of pyridine rings is 1. The van der Waals surface area contributed by atoms with Crippen molar-refractivity contribution in [2.75, 3.05) is 0 Å². The number of hydrogen-bond acceptors (Lipinski definition) is 3. The number of rotatable bonds is 1. The Bertz CT molecular complexity index is 657. The smallest absolute Gasteiger partial charge is 0.163 e. The molecule has 1 fully saturated rings. The Labute approximate surface area is 124 Å². The zero-order valence-electron chi connectivity index (χ0n) is 11.8. The van der Waals surface area contributed by atoms with E-state index in [1.807, 2.05) is 24.5 Å². The molecular formula is C18H18N2O. The largest absolute Gasteiger partial charge is 0.381 e. The Morgan fingerprint density at radius 1 is 1.29 bits per heavy atom. The van der Waals surface area contributed by atoms with Crippen molar-refractivity contribution in [2.24, 2.45) is 11.8 Å². The molecule has 3 heteroatoms. The van der Waals surface area contributed by atoms with Crippen LogP contribution in [0, 0.1) is 11.8 Å². The van der Waals surface area contributed by atoms with Crippen LogP contribution in [-0.2, 0) is 4.79 Å². The van der Waals surface area contributed by atoms with Crippen molar-refractivity contribution in [3.8, 4) is 0 Å². The van der Waals surface area contributed by atoms with Gasteiger partial charge in [0.05, 0.1) is 6.04 Å². The van der Waals surface area contributed by atoms with Gasteiger partial charge in [0.1, 0.15) is 0 Å². The van der Waals surface area contributed by atoms with Crippen LogP contribution in [0.3, 0.4) is 0 Å². The summed E-state index contributed by atoms with van der Waals surface area (Å²) in [5, 5.41) is 3.66. The van der Waals surface area contributed by atoms with E-state index in [2.05, 4.69) is 28.5 Å². The van der Waals surface area contributed by atoms with Crippen LogP contribution < -0.4 is 5.32 Å². The molecule has 0 bridgehead atoms. The number of piperidine rings is 1. The number of fused-ring (bicyclic) bond motifs is 2. The first-order valence-corrected chi connectivity index (χ1v) is 7.61. The number of nitrogens with one attached hydrogen (secondary N) is 1. The molecule has 1 aromatic heterocycles. The molecule has 4 rings (SSSR count). The molecule has 21 heavy (non-hydrogen) atoms. The number of hydrogen-bond donors (Lipinski definition) is 1. The lowest BCUT2D eigenvalue weighted by Crippen LogP contribution is -2.36. The maximum absolute atomic E-state index is 12.0. The van der Waals surface area contributed by atoms with Gasteiger partial charge in [-0.05, 0) is 54.5 Å². The van der Waals surface area contributed by atoms with Crippen LogP contribution in [0.25, 0.3) is 0 Å². The van der Waals surface area contributed by atoms with Crippen molar-refractivity contribution in [1.29, 1.82) is 0 Å². The van der Waals surface area contributed by atoms with E-state index >= 15 is 0 Å². The zero-order chi connectivity index (χ0) is 14.2. The van der Waals surface area contributed by atoms with Gasteiger partial charge in [-0.25, -0.2) is 0 Å². The van der Waals surface area contributed by atoms with Gasteiger partial charge in [0, 0.05) is 24.0 Å². The molecule has 2 heterocycles. The van der Waals surface area contributed by atoms with Crippen molar-refractivity contribution in [3.63, 3.8) is 0 Å². The van der Waals surface area contributed by atoms with E-state index in [9.17, 15) is 4.79 Å². The summed E-state index contributed by atoms with van der Waals surface area (Å²) in [5.74, 6) is 0.841. The highest BCUT2D eigenvalue weighted by atomic mass is 16.1. The lowest BCUT2D eigenvalue weighted by Gasteiger charge is -2.39. The fourth-order valence-electron chi connectivity index (χ4n) is 3.67. The average Bonchev–Trinajstić information content (AvgIpc) is 2.54. The fraction of sp³-hybridized carbons (Fsp3) is 0.333.